The van der Waals surface area contributed by atoms with Crippen LogP contribution >= 0.6 is 0 Å². The summed E-state index contributed by atoms with van der Waals surface area (Å²) in [6, 6.07) is 3.23. The summed E-state index contributed by atoms with van der Waals surface area (Å²) >= 11 is 0. The molecule has 1 saturated carbocycles. The molecule has 0 saturated heterocycles. The summed E-state index contributed by atoms with van der Waals surface area (Å²) in [5.41, 5.74) is -0.584. The number of nitrogens with zero attached hydrogens (tertiary/aromatic N) is 1. The topological polar surface area (TPSA) is 86.9 Å². The SMILES string of the molecule is O=C(NC1CCCCC1)c1[nH]ncc1NC(=O)c1c(F)cccc1F. The number of H-pyrrole nitrogens is 1. The summed E-state index contributed by atoms with van der Waals surface area (Å²) in [5.74, 6) is -3.35. The third-order valence-corrected chi connectivity index (χ3v) is 4.24. The third kappa shape index (κ3) is 3.84. The molecule has 2 aromatic rings. The van der Waals surface area contributed by atoms with Crippen LogP contribution in [-0.2, 0) is 0 Å². The number of benzene rings is 1. The van der Waals surface area contributed by atoms with Gasteiger partial charge in [0, 0.05) is 6.04 Å². The van der Waals surface area contributed by atoms with Gasteiger partial charge in [0.1, 0.15) is 22.9 Å². The lowest BCUT2D eigenvalue weighted by Crippen LogP contribution is -2.36. The van der Waals surface area contributed by atoms with Crippen LogP contribution in [0.4, 0.5) is 14.5 Å². The van der Waals surface area contributed by atoms with Crippen LogP contribution in [0.3, 0.4) is 0 Å². The molecule has 1 aliphatic rings. The first-order valence-electron chi connectivity index (χ1n) is 8.16. The van der Waals surface area contributed by atoms with E-state index in [4.69, 9.17) is 0 Å². The van der Waals surface area contributed by atoms with E-state index in [1.807, 2.05) is 0 Å². The van der Waals surface area contributed by atoms with E-state index < -0.39 is 29.0 Å². The zero-order chi connectivity index (χ0) is 17.8. The molecule has 1 aliphatic carbocycles. The number of hydrogen-bond acceptors (Lipinski definition) is 3. The number of carbonyl (C=O) groups is 2. The summed E-state index contributed by atoms with van der Waals surface area (Å²) in [4.78, 5) is 24.5. The van der Waals surface area contributed by atoms with Crippen LogP contribution in [0.15, 0.2) is 24.4 Å². The summed E-state index contributed by atoms with van der Waals surface area (Å²) < 4.78 is 27.4. The molecular formula is C17H18F2N4O2. The molecule has 132 valence electrons. The Morgan fingerprint density at radius 1 is 1.08 bits per heavy atom. The zero-order valence-corrected chi connectivity index (χ0v) is 13.4. The van der Waals surface area contributed by atoms with Crippen molar-refractivity contribution >= 4 is 17.5 Å². The van der Waals surface area contributed by atoms with Gasteiger partial charge >= 0.3 is 0 Å². The van der Waals surface area contributed by atoms with Crippen LogP contribution in [0.2, 0.25) is 0 Å². The van der Waals surface area contributed by atoms with Crippen LogP contribution in [0, 0.1) is 11.6 Å². The van der Waals surface area contributed by atoms with Crippen LogP contribution in [0.5, 0.6) is 0 Å². The van der Waals surface area contributed by atoms with Crippen molar-refractivity contribution in [2.45, 2.75) is 38.1 Å². The van der Waals surface area contributed by atoms with Crippen molar-refractivity contribution in [3.8, 4) is 0 Å². The van der Waals surface area contributed by atoms with Gasteiger partial charge in [-0.3, -0.25) is 14.7 Å². The highest BCUT2D eigenvalue weighted by Gasteiger charge is 2.23. The second kappa shape index (κ2) is 7.42. The van der Waals surface area contributed by atoms with Gasteiger partial charge < -0.3 is 10.6 Å². The number of rotatable bonds is 4. The van der Waals surface area contributed by atoms with Crippen molar-refractivity contribution in [1.82, 2.24) is 15.5 Å². The summed E-state index contributed by atoms with van der Waals surface area (Å²) in [6.07, 6.45) is 6.32. The molecular weight excluding hydrogens is 330 g/mol. The van der Waals surface area contributed by atoms with Crippen LogP contribution < -0.4 is 10.6 Å². The predicted molar refractivity (Wildman–Crippen MR) is 87.2 cm³/mol. The van der Waals surface area contributed by atoms with Gasteiger partial charge in [-0.1, -0.05) is 25.3 Å². The molecule has 3 rings (SSSR count). The lowest BCUT2D eigenvalue weighted by Gasteiger charge is -2.22. The summed E-state index contributed by atoms with van der Waals surface area (Å²) in [7, 11) is 0. The third-order valence-electron chi connectivity index (χ3n) is 4.24. The first-order chi connectivity index (χ1) is 12.1. The van der Waals surface area contributed by atoms with E-state index in [9.17, 15) is 18.4 Å². The summed E-state index contributed by atoms with van der Waals surface area (Å²) in [6.45, 7) is 0. The molecule has 0 bridgehead atoms. The van der Waals surface area contributed by atoms with Crippen molar-refractivity contribution in [1.29, 1.82) is 0 Å². The number of halogens is 2. The molecule has 2 amide bonds. The fourth-order valence-electron chi connectivity index (χ4n) is 2.96. The van der Waals surface area contributed by atoms with Gasteiger partial charge in [-0.25, -0.2) is 8.78 Å². The average Bonchev–Trinajstić information content (AvgIpc) is 3.04. The number of aromatic amines is 1. The molecule has 8 heteroatoms. The highest BCUT2D eigenvalue weighted by Crippen LogP contribution is 2.20. The molecule has 0 aliphatic heterocycles. The lowest BCUT2D eigenvalue weighted by atomic mass is 9.95. The van der Waals surface area contributed by atoms with E-state index in [1.165, 1.54) is 12.3 Å². The standard InChI is InChI=1S/C17H18F2N4O2/c18-11-7-4-8-12(19)14(11)16(24)22-13-9-20-23-15(13)17(25)21-10-5-2-1-3-6-10/h4,7-10H,1-3,5-6H2,(H,20,23)(H,21,25)(H,22,24). The van der Waals surface area contributed by atoms with Gasteiger partial charge in [0.2, 0.25) is 0 Å². The molecule has 25 heavy (non-hydrogen) atoms. The van der Waals surface area contributed by atoms with Crippen molar-refractivity contribution in [3.05, 3.63) is 47.3 Å². The quantitative estimate of drug-likeness (QED) is 0.794. The first kappa shape index (κ1) is 17.1. The molecule has 6 nitrogen and oxygen atoms in total. The molecule has 1 heterocycles. The highest BCUT2D eigenvalue weighted by molar-refractivity contribution is 6.08. The van der Waals surface area contributed by atoms with Gasteiger partial charge in [-0.15, -0.1) is 0 Å². The van der Waals surface area contributed by atoms with Crippen molar-refractivity contribution in [3.63, 3.8) is 0 Å². The maximum Gasteiger partial charge on any atom is 0.271 e. The largest absolute Gasteiger partial charge is 0.348 e. The molecule has 0 unspecified atom stereocenters. The Balaban J connectivity index is 1.73. The number of nitrogens with one attached hydrogen (secondary N) is 3. The van der Waals surface area contributed by atoms with Crippen LogP contribution in [0.25, 0.3) is 0 Å². The number of amides is 2. The second-order valence-electron chi connectivity index (χ2n) is 6.02. The van der Waals surface area contributed by atoms with Gasteiger partial charge in [0.25, 0.3) is 11.8 Å². The van der Waals surface area contributed by atoms with E-state index >= 15 is 0 Å². The minimum Gasteiger partial charge on any atom is -0.348 e. The monoisotopic (exact) mass is 348 g/mol. The van der Waals surface area contributed by atoms with Gasteiger partial charge in [-0.05, 0) is 25.0 Å². The zero-order valence-electron chi connectivity index (χ0n) is 13.4. The minimum atomic E-state index is -0.983. The molecule has 1 aromatic heterocycles. The van der Waals surface area contributed by atoms with E-state index in [0.29, 0.717) is 0 Å². The van der Waals surface area contributed by atoms with E-state index in [-0.39, 0.29) is 17.4 Å². The number of hydrogen-bond donors (Lipinski definition) is 3. The number of anilines is 1. The van der Waals surface area contributed by atoms with Gasteiger partial charge in [-0.2, -0.15) is 5.10 Å². The predicted octanol–water partition coefficient (Wildman–Crippen LogP) is 3.00. The maximum atomic E-state index is 13.7. The number of aromatic nitrogens is 2. The number of carbonyl (C=O) groups excluding carboxylic acids is 2. The van der Waals surface area contributed by atoms with E-state index in [2.05, 4.69) is 20.8 Å². The normalized spacial score (nSPS) is 15.0. The Morgan fingerprint density at radius 2 is 1.76 bits per heavy atom. The Bertz CT molecular complexity index is 764. The second-order valence-corrected chi connectivity index (χ2v) is 6.02. The Hall–Kier alpha value is -2.77. The molecule has 0 atom stereocenters. The van der Waals surface area contributed by atoms with Gasteiger partial charge in [0.05, 0.1) is 11.9 Å². The fraction of sp³-hybridized carbons (Fsp3) is 0.353. The maximum absolute atomic E-state index is 13.7. The molecule has 0 radical (unpaired) electrons. The summed E-state index contributed by atoms with van der Waals surface area (Å²) in [5, 5.41) is 11.5. The van der Waals surface area contributed by atoms with Crippen molar-refractivity contribution < 1.29 is 18.4 Å². The van der Waals surface area contributed by atoms with Gasteiger partial charge in [0.15, 0.2) is 0 Å². The van der Waals surface area contributed by atoms with Crippen LogP contribution in [0.1, 0.15) is 53.0 Å². The molecule has 1 aromatic carbocycles. The Morgan fingerprint density at radius 3 is 2.44 bits per heavy atom. The van der Waals surface area contributed by atoms with Crippen LogP contribution in [-0.4, -0.2) is 28.1 Å². The molecule has 1 fully saturated rings. The van der Waals surface area contributed by atoms with Crippen molar-refractivity contribution in [2.75, 3.05) is 5.32 Å². The average molecular weight is 348 g/mol. The fourth-order valence-corrected chi connectivity index (χ4v) is 2.96. The van der Waals surface area contributed by atoms with Crippen molar-refractivity contribution in [2.24, 2.45) is 0 Å². The van der Waals surface area contributed by atoms with E-state index in [0.717, 1.165) is 44.2 Å². The first-order valence-corrected chi connectivity index (χ1v) is 8.16. The smallest absolute Gasteiger partial charge is 0.271 e. The Labute approximate surface area is 143 Å². The Kier molecular flexibility index (Phi) is 5.06. The molecule has 0 spiro atoms. The minimum absolute atomic E-state index is 0.0515. The van der Waals surface area contributed by atoms with E-state index in [1.54, 1.807) is 0 Å². The molecule has 3 N–H and O–H groups in total. The highest BCUT2D eigenvalue weighted by atomic mass is 19.1. The lowest BCUT2D eigenvalue weighted by molar-refractivity contribution is 0.0923.